The third kappa shape index (κ3) is 4.38. The summed E-state index contributed by atoms with van der Waals surface area (Å²) in [6.45, 7) is 1.89. The summed E-state index contributed by atoms with van der Waals surface area (Å²) in [7, 11) is 0. The predicted molar refractivity (Wildman–Crippen MR) is 75.2 cm³/mol. The van der Waals surface area contributed by atoms with Crippen LogP contribution in [0.4, 0.5) is 0 Å². The van der Waals surface area contributed by atoms with E-state index in [0.717, 1.165) is 5.56 Å². The molecular formula is C15H15N3O3. The van der Waals surface area contributed by atoms with Crippen molar-refractivity contribution < 1.29 is 14.3 Å². The van der Waals surface area contributed by atoms with Crippen LogP contribution in [0.25, 0.3) is 0 Å². The van der Waals surface area contributed by atoms with Gasteiger partial charge in [-0.25, -0.2) is 9.78 Å². The van der Waals surface area contributed by atoms with Gasteiger partial charge in [0.15, 0.2) is 11.8 Å². The number of carbonyl (C=O) groups is 2. The standard InChI is InChI=1S/C15H15N3O3/c1-11(21-15(20)13-10-16-7-8-17-13)14(19)18-9-12-5-3-2-4-6-12/h2-8,10-11H,9H2,1H3,(H,18,19)/t11-/m1/s1. The summed E-state index contributed by atoms with van der Waals surface area (Å²) in [5.41, 5.74) is 1.04. The van der Waals surface area contributed by atoms with Gasteiger partial charge < -0.3 is 10.1 Å². The number of hydrogen-bond acceptors (Lipinski definition) is 5. The summed E-state index contributed by atoms with van der Waals surface area (Å²) in [6.07, 6.45) is 3.23. The fourth-order valence-electron chi connectivity index (χ4n) is 1.61. The zero-order valence-electron chi connectivity index (χ0n) is 11.5. The number of ether oxygens (including phenoxy) is 1. The van der Waals surface area contributed by atoms with E-state index in [9.17, 15) is 9.59 Å². The minimum absolute atomic E-state index is 0.0696. The van der Waals surface area contributed by atoms with Crippen molar-refractivity contribution in [1.82, 2.24) is 15.3 Å². The first-order chi connectivity index (χ1) is 10.2. The maximum absolute atomic E-state index is 11.9. The fraction of sp³-hybridized carbons (Fsp3) is 0.200. The minimum Gasteiger partial charge on any atom is -0.448 e. The number of hydrogen-bond donors (Lipinski definition) is 1. The lowest BCUT2D eigenvalue weighted by Crippen LogP contribution is -2.35. The molecule has 0 fully saturated rings. The van der Waals surface area contributed by atoms with Gasteiger partial charge in [0.25, 0.3) is 5.91 Å². The molecule has 1 amide bonds. The maximum atomic E-state index is 11.9. The topological polar surface area (TPSA) is 81.2 Å². The van der Waals surface area contributed by atoms with Crippen LogP contribution in [0.3, 0.4) is 0 Å². The molecule has 0 bridgehead atoms. The van der Waals surface area contributed by atoms with E-state index in [2.05, 4.69) is 15.3 Å². The highest BCUT2D eigenvalue weighted by Crippen LogP contribution is 2.01. The van der Waals surface area contributed by atoms with Gasteiger partial charge in [-0.3, -0.25) is 9.78 Å². The zero-order valence-corrected chi connectivity index (χ0v) is 11.5. The number of carbonyl (C=O) groups excluding carboxylic acids is 2. The number of benzene rings is 1. The normalized spacial score (nSPS) is 11.5. The number of nitrogens with one attached hydrogen (secondary N) is 1. The summed E-state index contributed by atoms with van der Waals surface area (Å²) in [5.74, 6) is -1.04. The van der Waals surface area contributed by atoms with Gasteiger partial charge in [0, 0.05) is 18.9 Å². The van der Waals surface area contributed by atoms with Gasteiger partial charge in [-0.05, 0) is 12.5 Å². The first-order valence-electron chi connectivity index (χ1n) is 6.45. The molecule has 1 aromatic heterocycles. The molecule has 6 nitrogen and oxygen atoms in total. The molecule has 0 aliphatic carbocycles. The zero-order chi connectivity index (χ0) is 15.1. The van der Waals surface area contributed by atoms with Gasteiger partial charge in [0.1, 0.15) is 0 Å². The second-order valence-electron chi connectivity index (χ2n) is 4.34. The van der Waals surface area contributed by atoms with E-state index in [1.165, 1.54) is 25.5 Å². The highest BCUT2D eigenvalue weighted by molar-refractivity contribution is 5.90. The van der Waals surface area contributed by atoms with Crippen molar-refractivity contribution >= 4 is 11.9 Å². The number of amides is 1. The molecule has 1 heterocycles. The van der Waals surface area contributed by atoms with Crippen molar-refractivity contribution in [2.45, 2.75) is 19.6 Å². The van der Waals surface area contributed by atoms with Crippen LogP contribution in [0.5, 0.6) is 0 Å². The van der Waals surface area contributed by atoms with Crippen molar-refractivity contribution in [1.29, 1.82) is 0 Å². The van der Waals surface area contributed by atoms with E-state index in [1.54, 1.807) is 0 Å². The van der Waals surface area contributed by atoms with Gasteiger partial charge in [-0.15, -0.1) is 0 Å². The lowest BCUT2D eigenvalue weighted by Gasteiger charge is -2.13. The Bertz CT molecular complexity index is 602. The Kier molecular flexibility index (Phi) is 4.98. The van der Waals surface area contributed by atoms with Gasteiger partial charge in [-0.1, -0.05) is 30.3 Å². The Morgan fingerprint density at radius 2 is 2.00 bits per heavy atom. The Balaban J connectivity index is 1.84. The van der Waals surface area contributed by atoms with Crippen LogP contribution in [-0.2, 0) is 16.1 Å². The van der Waals surface area contributed by atoms with Gasteiger partial charge in [0.05, 0.1) is 6.20 Å². The molecule has 1 atom stereocenters. The smallest absolute Gasteiger partial charge is 0.359 e. The SMILES string of the molecule is C[C@@H](OC(=O)c1cnccn1)C(=O)NCc1ccccc1. The lowest BCUT2D eigenvalue weighted by atomic mass is 10.2. The Morgan fingerprint density at radius 3 is 2.67 bits per heavy atom. The summed E-state index contributed by atoms with van der Waals surface area (Å²) in [5, 5.41) is 2.70. The van der Waals surface area contributed by atoms with Gasteiger partial charge in [-0.2, -0.15) is 0 Å². The third-order valence-electron chi connectivity index (χ3n) is 2.73. The second-order valence-corrected chi connectivity index (χ2v) is 4.34. The molecule has 0 aliphatic heterocycles. The van der Waals surface area contributed by atoms with Crippen LogP contribution >= 0.6 is 0 Å². The van der Waals surface area contributed by atoms with Crippen LogP contribution in [0.2, 0.25) is 0 Å². The average Bonchev–Trinajstić information content (AvgIpc) is 2.54. The molecule has 1 N–H and O–H groups in total. The van der Waals surface area contributed by atoms with Crippen LogP contribution in [0.1, 0.15) is 23.0 Å². The van der Waals surface area contributed by atoms with E-state index < -0.39 is 12.1 Å². The third-order valence-corrected chi connectivity index (χ3v) is 2.73. The molecule has 108 valence electrons. The average molecular weight is 285 g/mol. The van der Waals surface area contributed by atoms with Crippen molar-refractivity contribution in [2.75, 3.05) is 0 Å². The van der Waals surface area contributed by atoms with E-state index in [0.29, 0.717) is 6.54 Å². The van der Waals surface area contributed by atoms with Crippen molar-refractivity contribution in [2.24, 2.45) is 0 Å². The maximum Gasteiger partial charge on any atom is 0.359 e. The van der Waals surface area contributed by atoms with Crippen LogP contribution in [0.15, 0.2) is 48.9 Å². The largest absolute Gasteiger partial charge is 0.448 e. The van der Waals surface area contributed by atoms with Crippen LogP contribution < -0.4 is 5.32 Å². The molecule has 0 saturated carbocycles. The van der Waals surface area contributed by atoms with Crippen LogP contribution in [0, 0.1) is 0 Å². The lowest BCUT2D eigenvalue weighted by molar-refractivity contribution is -0.129. The Morgan fingerprint density at radius 1 is 1.24 bits per heavy atom. The molecule has 0 radical (unpaired) electrons. The number of aromatic nitrogens is 2. The minimum atomic E-state index is -0.900. The quantitative estimate of drug-likeness (QED) is 0.838. The molecule has 6 heteroatoms. The van der Waals surface area contributed by atoms with E-state index >= 15 is 0 Å². The van der Waals surface area contributed by atoms with Gasteiger partial charge >= 0.3 is 5.97 Å². The van der Waals surface area contributed by atoms with E-state index in [-0.39, 0.29) is 11.6 Å². The monoisotopic (exact) mass is 285 g/mol. The number of esters is 1. The summed E-state index contributed by atoms with van der Waals surface area (Å²) in [4.78, 5) is 31.2. The molecule has 21 heavy (non-hydrogen) atoms. The first kappa shape index (κ1) is 14.6. The van der Waals surface area contributed by atoms with Crippen LogP contribution in [-0.4, -0.2) is 27.9 Å². The Hall–Kier alpha value is -2.76. The molecule has 2 aromatic rings. The molecule has 2 rings (SSSR count). The highest BCUT2D eigenvalue weighted by atomic mass is 16.5. The van der Waals surface area contributed by atoms with Gasteiger partial charge in [0.2, 0.25) is 0 Å². The molecule has 0 unspecified atom stereocenters. The number of rotatable bonds is 5. The summed E-state index contributed by atoms with van der Waals surface area (Å²) in [6, 6.07) is 9.47. The molecule has 0 aliphatic rings. The van der Waals surface area contributed by atoms with Crippen molar-refractivity contribution in [3.8, 4) is 0 Å². The molecule has 0 saturated heterocycles. The van der Waals surface area contributed by atoms with Crippen molar-refractivity contribution in [3.63, 3.8) is 0 Å². The van der Waals surface area contributed by atoms with Crippen molar-refractivity contribution in [3.05, 3.63) is 60.2 Å². The molecule has 1 aromatic carbocycles. The summed E-state index contributed by atoms with van der Waals surface area (Å²) < 4.78 is 5.03. The Labute approximate surface area is 122 Å². The molecular weight excluding hydrogens is 270 g/mol. The molecule has 0 spiro atoms. The first-order valence-corrected chi connectivity index (χ1v) is 6.45. The second kappa shape index (κ2) is 7.14. The number of nitrogens with zero attached hydrogens (tertiary/aromatic N) is 2. The predicted octanol–water partition coefficient (Wildman–Crippen LogP) is 1.34. The van der Waals surface area contributed by atoms with E-state index in [1.807, 2.05) is 30.3 Å². The van der Waals surface area contributed by atoms with E-state index in [4.69, 9.17) is 4.74 Å². The fourth-order valence-corrected chi connectivity index (χ4v) is 1.61. The summed E-state index contributed by atoms with van der Waals surface area (Å²) >= 11 is 0. The highest BCUT2D eigenvalue weighted by Gasteiger charge is 2.19.